The van der Waals surface area contributed by atoms with Crippen LogP contribution in [0.25, 0.3) is 0 Å². The number of halogens is 1. The maximum Gasteiger partial charge on any atom is 0.248 e. The summed E-state index contributed by atoms with van der Waals surface area (Å²) in [5.74, 6) is -0.380. The normalized spacial score (nSPS) is 11.8. The smallest absolute Gasteiger partial charge is 0.248 e. The minimum Gasteiger partial charge on any atom is -0.324 e. The second-order valence-electron chi connectivity index (χ2n) is 5.54. The number of aromatic nitrogens is 2. The average Bonchev–Trinajstić information content (AvgIpc) is 3.08. The lowest BCUT2D eigenvalue weighted by molar-refractivity contribution is -0.119. The molecule has 2 aromatic carbocycles. The van der Waals surface area contributed by atoms with Gasteiger partial charge in [-0.25, -0.2) is 0 Å². The molecule has 0 aliphatic rings. The molecule has 1 unspecified atom stereocenters. The molecule has 1 atom stereocenters. The Bertz CT molecular complexity index is 906. The van der Waals surface area contributed by atoms with E-state index < -0.39 is 6.04 Å². The highest BCUT2D eigenvalue weighted by molar-refractivity contribution is 9.10. The molecule has 1 N–H and O–H groups in total. The van der Waals surface area contributed by atoms with E-state index in [0.717, 1.165) is 4.47 Å². The summed E-state index contributed by atoms with van der Waals surface area (Å²) in [6.45, 7) is 1.75. The lowest BCUT2D eigenvalue weighted by Gasteiger charge is -2.15. The molecule has 0 aliphatic heterocycles. The van der Waals surface area contributed by atoms with E-state index in [4.69, 9.17) is 0 Å². The first-order valence-corrected chi connectivity index (χ1v) is 8.55. The molecule has 6 heteroatoms. The number of carbonyl (C=O) groups is 2. The lowest BCUT2D eigenvalue weighted by atomic mass is 10.0. The monoisotopic (exact) mass is 397 g/mol. The van der Waals surface area contributed by atoms with Gasteiger partial charge in [-0.15, -0.1) is 0 Å². The lowest BCUT2D eigenvalue weighted by Crippen LogP contribution is -2.25. The second kappa shape index (κ2) is 7.44. The van der Waals surface area contributed by atoms with Gasteiger partial charge in [0.1, 0.15) is 6.04 Å². The van der Waals surface area contributed by atoms with Crippen molar-refractivity contribution in [1.29, 1.82) is 0 Å². The summed E-state index contributed by atoms with van der Waals surface area (Å²) >= 11 is 3.31. The van der Waals surface area contributed by atoms with Crippen LogP contribution in [0.5, 0.6) is 0 Å². The van der Waals surface area contributed by atoms with Crippen LogP contribution in [0.1, 0.15) is 28.9 Å². The summed E-state index contributed by atoms with van der Waals surface area (Å²) in [7, 11) is 0. The van der Waals surface area contributed by atoms with Gasteiger partial charge in [-0.3, -0.25) is 14.3 Å². The topological polar surface area (TPSA) is 64.0 Å². The van der Waals surface area contributed by atoms with Gasteiger partial charge in [0.2, 0.25) is 5.91 Å². The maximum atomic E-state index is 12.7. The number of para-hydroxylation sites is 1. The van der Waals surface area contributed by atoms with Crippen LogP contribution in [-0.2, 0) is 4.79 Å². The number of hydrogen-bond donors (Lipinski definition) is 1. The number of rotatable bonds is 5. The second-order valence-corrected chi connectivity index (χ2v) is 6.46. The Kier molecular flexibility index (Phi) is 5.09. The highest BCUT2D eigenvalue weighted by Gasteiger charge is 2.19. The van der Waals surface area contributed by atoms with Crippen LogP contribution < -0.4 is 5.32 Å². The predicted octanol–water partition coefficient (Wildman–Crippen LogP) is 4.08. The van der Waals surface area contributed by atoms with Crippen molar-refractivity contribution in [3.05, 3.63) is 82.6 Å². The molecule has 0 saturated heterocycles. The summed E-state index contributed by atoms with van der Waals surface area (Å²) < 4.78 is 2.35. The van der Waals surface area contributed by atoms with Crippen molar-refractivity contribution in [2.45, 2.75) is 13.0 Å². The Labute approximate surface area is 153 Å². The van der Waals surface area contributed by atoms with E-state index in [1.54, 1.807) is 60.4 Å². The quantitative estimate of drug-likeness (QED) is 0.659. The summed E-state index contributed by atoms with van der Waals surface area (Å²) in [5.41, 5.74) is 1.52. The SMILES string of the molecule is CC(C(=O)Nc1ccccc1C(=O)c1ccccc1)n1cc(Br)cn1. The Balaban J connectivity index is 1.84. The van der Waals surface area contributed by atoms with Crippen molar-refractivity contribution in [2.24, 2.45) is 0 Å². The van der Waals surface area contributed by atoms with Gasteiger partial charge in [-0.05, 0) is 35.0 Å². The third kappa shape index (κ3) is 3.85. The number of carbonyl (C=O) groups excluding carboxylic acids is 2. The Morgan fingerprint density at radius 1 is 1.08 bits per heavy atom. The van der Waals surface area contributed by atoms with Gasteiger partial charge in [0, 0.05) is 17.3 Å². The molecule has 3 rings (SSSR count). The summed E-state index contributed by atoms with van der Waals surface area (Å²) in [4.78, 5) is 25.3. The van der Waals surface area contributed by atoms with Crippen molar-refractivity contribution in [3.63, 3.8) is 0 Å². The van der Waals surface area contributed by atoms with Crippen molar-refractivity contribution in [3.8, 4) is 0 Å². The molecule has 126 valence electrons. The number of nitrogens with one attached hydrogen (secondary N) is 1. The molecule has 1 amide bonds. The number of hydrogen-bond acceptors (Lipinski definition) is 3. The van der Waals surface area contributed by atoms with Crippen LogP contribution >= 0.6 is 15.9 Å². The molecule has 3 aromatic rings. The van der Waals surface area contributed by atoms with E-state index in [-0.39, 0.29) is 11.7 Å². The minimum atomic E-state index is -0.508. The maximum absolute atomic E-state index is 12.7. The summed E-state index contributed by atoms with van der Waals surface area (Å²) in [6.07, 6.45) is 3.35. The van der Waals surface area contributed by atoms with Gasteiger partial charge in [0.25, 0.3) is 0 Å². The van der Waals surface area contributed by atoms with Crippen LogP contribution in [-0.4, -0.2) is 21.5 Å². The third-order valence-corrected chi connectivity index (χ3v) is 4.22. The largest absolute Gasteiger partial charge is 0.324 e. The molecular weight excluding hydrogens is 382 g/mol. The van der Waals surface area contributed by atoms with Crippen LogP contribution in [0.15, 0.2) is 71.5 Å². The minimum absolute atomic E-state index is 0.133. The highest BCUT2D eigenvalue weighted by Crippen LogP contribution is 2.21. The molecule has 0 fully saturated rings. The zero-order valence-electron chi connectivity index (χ0n) is 13.5. The van der Waals surface area contributed by atoms with E-state index in [1.165, 1.54) is 0 Å². The van der Waals surface area contributed by atoms with Crippen LogP contribution in [0, 0.1) is 0 Å². The van der Waals surface area contributed by atoms with Gasteiger partial charge >= 0.3 is 0 Å². The van der Waals surface area contributed by atoms with E-state index in [2.05, 4.69) is 26.3 Å². The van der Waals surface area contributed by atoms with E-state index >= 15 is 0 Å². The van der Waals surface area contributed by atoms with Gasteiger partial charge in [0.15, 0.2) is 5.78 Å². The van der Waals surface area contributed by atoms with Gasteiger partial charge in [-0.1, -0.05) is 42.5 Å². The fourth-order valence-corrected chi connectivity index (χ4v) is 2.72. The van der Waals surface area contributed by atoms with E-state index in [0.29, 0.717) is 16.8 Å². The zero-order chi connectivity index (χ0) is 17.8. The highest BCUT2D eigenvalue weighted by atomic mass is 79.9. The van der Waals surface area contributed by atoms with Gasteiger partial charge < -0.3 is 5.32 Å². The molecule has 5 nitrogen and oxygen atoms in total. The van der Waals surface area contributed by atoms with Crippen LogP contribution in [0.4, 0.5) is 5.69 Å². The van der Waals surface area contributed by atoms with Crippen molar-refractivity contribution in [1.82, 2.24) is 9.78 Å². The van der Waals surface area contributed by atoms with Crippen molar-refractivity contribution in [2.75, 3.05) is 5.32 Å². The molecule has 25 heavy (non-hydrogen) atoms. The van der Waals surface area contributed by atoms with Gasteiger partial charge in [-0.2, -0.15) is 5.10 Å². The first kappa shape index (κ1) is 17.1. The molecule has 1 aromatic heterocycles. The molecule has 0 saturated carbocycles. The number of benzene rings is 2. The Morgan fingerprint density at radius 3 is 2.44 bits per heavy atom. The fourth-order valence-electron chi connectivity index (χ4n) is 2.42. The Morgan fingerprint density at radius 2 is 1.76 bits per heavy atom. The zero-order valence-corrected chi connectivity index (χ0v) is 15.1. The van der Waals surface area contributed by atoms with Crippen molar-refractivity contribution < 1.29 is 9.59 Å². The summed E-state index contributed by atoms with van der Waals surface area (Å²) in [5, 5.41) is 6.96. The first-order valence-electron chi connectivity index (χ1n) is 7.75. The number of nitrogens with zero attached hydrogens (tertiary/aromatic N) is 2. The standard InChI is InChI=1S/C19H16BrN3O2/c1-13(23-12-15(20)11-21-23)19(25)22-17-10-6-5-9-16(17)18(24)14-7-3-2-4-8-14/h2-13H,1H3,(H,22,25). The van der Waals surface area contributed by atoms with Crippen LogP contribution in [0.3, 0.4) is 0 Å². The summed E-state index contributed by atoms with van der Waals surface area (Å²) in [6, 6.07) is 15.5. The number of amides is 1. The molecular formula is C19H16BrN3O2. The molecule has 1 heterocycles. The molecule has 0 bridgehead atoms. The first-order chi connectivity index (χ1) is 12.1. The third-order valence-electron chi connectivity index (χ3n) is 3.81. The average molecular weight is 398 g/mol. The van der Waals surface area contributed by atoms with Gasteiger partial charge in [0.05, 0.1) is 16.4 Å². The predicted molar refractivity (Wildman–Crippen MR) is 99.6 cm³/mol. The Hall–Kier alpha value is -2.73. The molecule has 0 spiro atoms. The molecule has 0 radical (unpaired) electrons. The van der Waals surface area contributed by atoms with Crippen LogP contribution in [0.2, 0.25) is 0 Å². The van der Waals surface area contributed by atoms with E-state index in [9.17, 15) is 9.59 Å². The molecule has 0 aliphatic carbocycles. The fraction of sp³-hybridized carbons (Fsp3) is 0.105. The number of anilines is 1. The van der Waals surface area contributed by atoms with E-state index in [1.807, 2.05) is 18.2 Å². The number of ketones is 1. The van der Waals surface area contributed by atoms with Crippen molar-refractivity contribution >= 4 is 33.3 Å².